The maximum Gasteiger partial charge on any atom is 0.263 e. The summed E-state index contributed by atoms with van der Waals surface area (Å²) in [6.07, 6.45) is 7.49. The molecule has 1 aliphatic carbocycles. The van der Waals surface area contributed by atoms with E-state index >= 15 is 0 Å². The molecule has 0 unspecified atom stereocenters. The molecule has 6 nitrogen and oxygen atoms in total. The SMILES string of the molecule is O=c1[nH]c(NCc2cccc(Cl)c2)nc2c1cnn2C1CCCCC1. The van der Waals surface area contributed by atoms with Gasteiger partial charge in [-0.25, -0.2) is 4.68 Å². The minimum atomic E-state index is -0.166. The summed E-state index contributed by atoms with van der Waals surface area (Å²) in [6.45, 7) is 0.534. The summed E-state index contributed by atoms with van der Waals surface area (Å²) in [5.74, 6) is 0.454. The Kier molecular flexibility index (Phi) is 4.44. The number of nitrogens with one attached hydrogen (secondary N) is 2. The van der Waals surface area contributed by atoms with Crippen LogP contribution in [0.25, 0.3) is 11.0 Å². The molecule has 0 aliphatic heterocycles. The fourth-order valence-corrected chi connectivity index (χ4v) is 3.66. The summed E-state index contributed by atoms with van der Waals surface area (Å²) >= 11 is 6.01. The highest BCUT2D eigenvalue weighted by Gasteiger charge is 2.20. The maximum atomic E-state index is 12.4. The van der Waals surface area contributed by atoms with Crippen LogP contribution in [0, 0.1) is 0 Å². The first-order chi connectivity index (χ1) is 12.2. The van der Waals surface area contributed by atoms with Crippen molar-refractivity contribution in [2.45, 2.75) is 44.7 Å². The fraction of sp³-hybridized carbons (Fsp3) is 0.389. The van der Waals surface area contributed by atoms with Gasteiger partial charge in [0.1, 0.15) is 5.39 Å². The molecule has 130 valence electrons. The van der Waals surface area contributed by atoms with Crippen LogP contribution >= 0.6 is 11.6 Å². The van der Waals surface area contributed by atoms with Crippen molar-refractivity contribution in [2.75, 3.05) is 5.32 Å². The zero-order chi connectivity index (χ0) is 17.2. The number of hydrogen-bond donors (Lipinski definition) is 2. The third-order valence-corrected chi connectivity index (χ3v) is 4.97. The van der Waals surface area contributed by atoms with Crippen molar-refractivity contribution in [1.29, 1.82) is 0 Å². The van der Waals surface area contributed by atoms with Gasteiger partial charge in [-0.3, -0.25) is 9.78 Å². The van der Waals surface area contributed by atoms with Crippen LogP contribution in [0.4, 0.5) is 5.95 Å². The van der Waals surface area contributed by atoms with Gasteiger partial charge in [0.05, 0.1) is 12.2 Å². The Bertz CT molecular complexity index is 942. The van der Waals surface area contributed by atoms with Crippen molar-refractivity contribution < 1.29 is 0 Å². The van der Waals surface area contributed by atoms with E-state index in [4.69, 9.17) is 11.6 Å². The molecule has 4 rings (SSSR count). The van der Waals surface area contributed by atoms with Crippen LogP contribution in [0.2, 0.25) is 5.02 Å². The number of benzene rings is 1. The lowest BCUT2D eigenvalue weighted by Gasteiger charge is -2.22. The van der Waals surface area contributed by atoms with Gasteiger partial charge in [0, 0.05) is 11.6 Å². The molecule has 25 heavy (non-hydrogen) atoms. The van der Waals surface area contributed by atoms with Gasteiger partial charge in [-0.05, 0) is 30.5 Å². The molecule has 2 aromatic heterocycles. The van der Waals surface area contributed by atoms with Crippen molar-refractivity contribution in [2.24, 2.45) is 0 Å². The molecule has 1 aliphatic rings. The number of aromatic amines is 1. The van der Waals surface area contributed by atoms with Crippen LogP contribution in [-0.2, 0) is 6.54 Å². The number of rotatable bonds is 4. The number of nitrogens with zero attached hydrogens (tertiary/aromatic N) is 3. The number of anilines is 1. The highest BCUT2D eigenvalue weighted by atomic mass is 35.5. The lowest BCUT2D eigenvalue weighted by atomic mass is 9.96. The Morgan fingerprint density at radius 1 is 1.28 bits per heavy atom. The van der Waals surface area contributed by atoms with E-state index in [1.807, 2.05) is 28.9 Å². The smallest absolute Gasteiger partial charge is 0.263 e. The molecule has 0 amide bonds. The molecular formula is C18H20ClN5O. The molecule has 3 aromatic rings. The second-order valence-electron chi connectivity index (χ2n) is 6.52. The van der Waals surface area contributed by atoms with Crippen molar-refractivity contribution in [3.05, 3.63) is 51.4 Å². The van der Waals surface area contributed by atoms with E-state index in [1.165, 1.54) is 19.3 Å². The van der Waals surface area contributed by atoms with E-state index in [2.05, 4.69) is 20.4 Å². The number of H-pyrrole nitrogens is 1. The molecule has 2 N–H and O–H groups in total. The topological polar surface area (TPSA) is 75.6 Å². The Hall–Kier alpha value is -2.34. The summed E-state index contributed by atoms with van der Waals surface area (Å²) in [4.78, 5) is 19.7. The van der Waals surface area contributed by atoms with E-state index in [-0.39, 0.29) is 5.56 Å². The van der Waals surface area contributed by atoms with Gasteiger partial charge in [0.2, 0.25) is 5.95 Å². The van der Waals surface area contributed by atoms with Crippen LogP contribution in [0.1, 0.15) is 43.7 Å². The first kappa shape index (κ1) is 16.1. The normalized spacial score (nSPS) is 15.6. The highest BCUT2D eigenvalue weighted by Crippen LogP contribution is 2.29. The minimum absolute atomic E-state index is 0.166. The zero-order valence-corrected chi connectivity index (χ0v) is 14.6. The molecule has 1 fully saturated rings. The second kappa shape index (κ2) is 6.88. The fourth-order valence-electron chi connectivity index (χ4n) is 3.45. The summed E-state index contributed by atoms with van der Waals surface area (Å²) in [5, 5.41) is 8.84. The Balaban J connectivity index is 1.62. The Labute approximate surface area is 150 Å². The number of halogens is 1. The van der Waals surface area contributed by atoms with Gasteiger partial charge < -0.3 is 5.32 Å². The van der Waals surface area contributed by atoms with Gasteiger partial charge in [-0.15, -0.1) is 0 Å². The van der Waals surface area contributed by atoms with Gasteiger partial charge in [0.25, 0.3) is 5.56 Å². The van der Waals surface area contributed by atoms with Gasteiger partial charge in [0.15, 0.2) is 5.65 Å². The predicted octanol–water partition coefficient (Wildman–Crippen LogP) is 3.89. The van der Waals surface area contributed by atoms with Crippen LogP contribution in [0.5, 0.6) is 0 Å². The zero-order valence-electron chi connectivity index (χ0n) is 13.8. The summed E-state index contributed by atoms with van der Waals surface area (Å²) in [7, 11) is 0. The Morgan fingerprint density at radius 2 is 2.12 bits per heavy atom. The molecule has 1 aromatic carbocycles. The molecule has 0 atom stereocenters. The minimum Gasteiger partial charge on any atom is -0.352 e. The summed E-state index contributed by atoms with van der Waals surface area (Å²) in [5.41, 5.74) is 1.51. The number of aromatic nitrogens is 4. The molecule has 1 saturated carbocycles. The van der Waals surface area contributed by atoms with Crippen molar-refractivity contribution in [3.8, 4) is 0 Å². The third kappa shape index (κ3) is 3.39. The summed E-state index contributed by atoms with van der Waals surface area (Å²) in [6, 6.07) is 7.93. The second-order valence-corrected chi connectivity index (χ2v) is 6.95. The van der Waals surface area contributed by atoms with E-state index in [1.54, 1.807) is 6.20 Å². The Morgan fingerprint density at radius 3 is 2.92 bits per heavy atom. The van der Waals surface area contributed by atoms with E-state index in [0.29, 0.717) is 34.6 Å². The predicted molar refractivity (Wildman–Crippen MR) is 99.0 cm³/mol. The van der Waals surface area contributed by atoms with Crippen LogP contribution in [-0.4, -0.2) is 19.7 Å². The van der Waals surface area contributed by atoms with Crippen molar-refractivity contribution in [1.82, 2.24) is 19.7 Å². The van der Waals surface area contributed by atoms with Gasteiger partial charge >= 0.3 is 0 Å². The first-order valence-electron chi connectivity index (χ1n) is 8.66. The monoisotopic (exact) mass is 357 g/mol. The molecular weight excluding hydrogens is 338 g/mol. The van der Waals surface area contributed by atoms with E-state index < -0.39 is 0 Å². The third-order valence-electron chi connectivity index (χ3n) is 4.73. The van der Waals surface area contributed by atoms with Gasteiger partial charge in [-0.1, -0.05) is 43.0 Å². The van der Waals surface area contributed by atoms with Gasteiger partial charge in [-0.2, -0.15) is 10.1 Å². The largest absolute Gasteiger partial charge is 0.352 e. The lowest BCUT2D eigenvalue weighted by Crippen LogP contribution is -2.17. The molecule has 0 bridgehead atoms. The van der Waals surface area contributed by atoms with E-state index in [0.717, 1.165) is 18.4 Å². The average molecular weight is 358 g/mol. The van der Waals surface area contributed by atoms with Crippen LogP contribution in [0.15, 0.2) is 35.3 Å². The quantitative estimate of drug-likeness (QED) is 0.742. The molecule has 0 radical (unpaired) electrons. The average Bonchev–Trinajstić information content (AvgIpc) is 3.05. The van der Waals surface area contributed by atoms with Crippen LogP contribution < -0.4 is 10.9 Å². The first-order valence-corrected chi connectivity index (χ1v) is 9.04. The molecule has 7 heteroatoms. The van der Waals surface area contributed by atoms with Crippen molar-refractivity contribution in [3.63, 3.8) is 0 Å². The van der Waals surface area contributed by atoms with Crippen molar-refractivity contribution >= 4 is 28.6 Å². The molecule has 0 saturated heterocycles. The molecule has 2 heterocycles. The number of hydrogen-bond acceptors (Lipinski definition) is 4. The summed E-state index contributed by atoms with van der Waals surface area (Å²) < 4.78 is 1.92. The lowest BCUT2D eigenvalue weighted by molar-refractivity contribution is 0.336. The van der Waals surface area contributed by atoms with E-state index in [9.17, 15) is 4.79 Å². The highest BCUT2D eigenvalue weighted by molar-refractivity contribution is 6.30. The standard InChI is InChI=1S/C18H20ClN5O/c19-13-6-4-5-12(9-13)10-20-18-22-16-15(17(25)23-18)11-21-24(16)14-7-2-1-3-8-14/h4-6,9,11,14H,1-3,7-8,10H2,(H2,20,22,23,25). The molecule has 0 spiro atoms. The van der Waals surface area contributed by atoms with Crippen LogP contribution in [0.3, 0.4) is 0 Å². The number of fused-ring (bicyclic) bond motifs is 1. The maximum absolute atomic E-state index is 12.4.